The monoisotopic (exact) mass is 267 g/mol. The lowest BCUT2D eigenvalue weighted by Gasteiger charge is -2.09. The van der Waals surface area contributed by atoms with Crippen LogP contribution in [0.4, 0.5) is 19.0 Å². The summed E-state index contributed by atoms with van der Waals surface area (Å²) in [6, 6.07) is 1.65. The number of alkyl halides is 3. The molecule has 0 radical (unpaired) electrons. The first kappa shape index (κ1) is 11.4. The molecule has 0 amide bonds. The first-order chi connectivity index (χ1) is 7.46. The van der Waals surface area contributed by atoms with Crippen molar-refractivity contribution in [2.45, 2.75) is 6.18 Å². The Morgan fingerprint density at radius 3 is 2.81 bits per heavy atom. The van der Waals surface area contributed by atoms with E-state index in [1.54, 1.807) is 11.4 Å². The van der Waals surface area contributed by atoms with Crippen LogP contribution in [-0.2, 0) is 0 Å². The molecular formula is C8H5ClF3N3S. The van der Waals surface area contributed by atoms with Gasteiger partial charge in [0, 0.05) is 0 Å². The molecule has 2 heterocycles. The van der Waals surface area contributed by atoms with Crippen LogP contribution in [0.1, 0.15) is 0 Å². The molecule has 3 nitrogen and oxygen atoms in total. The van der Waals surface area contributed by atoms with E-state index in [9.17, 15) is 13.2 Å². The van der Waals surface area contributed by atoms with Gasteiger partial charge in [0.25, 0.3) is 0 Å². The molecule has 86 valence electrons. The first-order valence-corrected chi connectivity index (χ1v) is 5.43. The molecule has 0 spiro atoms. The molecule has 0 saturated carbocycles. The maximum Gasteiger partial charge on any atom is 0.405 e. The fourth-order valence-electron chi connectivity index (χ4n) is 1.15. The van der Waals surface area contributed by atoms with E-state index in [2.05, 4.69) is 15.3 Å². The summed E-state index contributed by atoms with van der Waals surface area (Å²) in [6.07, 6.45) is -4.29. The van der Waals surface area contributed by atoms with Crippen LogP contribution >= 0.6 is 22.9 Å². The number of hydrogen-bond donors (Lipinski definition) is 1. The molecule has 0 saturated heterocycles. The number of hydrogen-bond acceptors (Lipinski definition) is 4. The van der Waals surface area contributed by atoms with Crippen LogP contribution in [0, 0.1) is 0 Å². The van der Waals surface area contributed by atoms with E-state index in [-0.39, 0.29) is 11.1 Å². The molecule has 0 unspecified atom stereocenters. The number of nitrogens with one attached hydrogen (secondary N) is 1. The average molecular weight is 268 g/mol. The van der Waals surface area contributed by atoms with Crippen LogP contribution < -0.4 is 5.32 Å². The fraction of sp³-hybridized carbons (Fsp3) is 0.250. The zero-order valence-electron chi connectivity index (χ0n) is 7.68. The molecule has 0 aliphatic carbocycles. The smallest absolute Gasteiger partial charge is 0.360 e. The molecule has 0 aliphatic heterocycles. The van der Waals surface area contributed by atoms with Gasteiger partial charge >= 0.3 is 6.18 Å². The lowest BCUT2D eigenvalue weighted by atomic mass is 10.4. The summed E-state index contributed by atoms with van der Waals surface area (Å²) in [5.41, 5.74) is 0. The summed E-state index contributed by atoms with van der Waals surface area (Å²) in [4.78, 5) is 8.18. The maximum atomic E-state index is 12.0. The second-order valence-electron chi connectivity index (χ2n) is 2.95. The van der Waals surface area contributed by atoms with E-state index in [0.29, 0.717) is 10.2 Å². The summed E-state index contributed by atoms with van der Waals surface area (Å²) in [6.45, 7) is -1.15. The number of rotatable bonds is 2. The Morgan fingerprint density at radius 2 is 2.12 bits per heavy atom. The van der Waals surface area contributed by atoms with Crippen molar-refractivity contribution in [3.8, 4) is 0 Å². The molecule has 2 rings (SSSR count). The Morgan fingerprint density at radius 1 is 1.38 bits per heavy atom. The van der Waals surface area contributed by atoms with Gasteiger partial charge in [0.05, 0.1) is 5.39 Å². The molecule has 1 N–H and O–H groups in total. The van der Waals surface area contributed by atoms with Crippen molar-refractivity contribution in [1.29, 1.82) is 0 Å². The topological polar surface area (TPSA) is 37.8 Å². The van der Waals surface area contributed by atoms with Crippen LogP contribution in [0.5, 0.6) is 0 Å². The molecule has 2 aromatic heterocycles. The number of anilines is 1. The van der Waals surface area contributed by atoms with Crippen molar-refractivity contribution in [2.24, 2.45) is 0 Å². The van der Waals surface area contributed by atoms with Crippen molar-refractivity contribution >= 4 is 39.0 Å². The third-order valence-electron chi connectivity index (χ3n) is 1.75. The van der Waals surface area contributed by atoms with Gasteiger partial charge in [-0.2, -0.15) is 13.2 Å². The van der Waals surface area contributed by atoms with Crippen LogP contribution in [-0.4, -0.2) is 22.7 Å². The van der Waals surface area contributed by atoms with Crippen molar-refractivity contribution < 1.29 is 13.2 Å². The number of thiophene rings is 1. The molecular weight excluding hydrogens is 263 g/mol. The third kappa shape index (κ3) is 2.53. The summed E-state index contributed by atoms with van der Waals surface area (Å²) in [5.74, 6) is 0.105. The van der Waals surface area contributed by atoms with Gasteiger partial charge in [-0.1, -0.05) is 0 Å². The average Bonchev–Trinajstić information content (AvgIpc) is 2.60. The standard InChI is InChI=1S/C8H5ClF3N3S/c9-7-14-5(13-3-8(10,11)12)4-1-2-16-6(4)15-7/h1-2H,3H2,(H,13,14,15). The summed E-state index contributed by atoms with van der Waals surface area (Å²) in [5, 5.41) is 4.39. The van der Waals surface area contributed by atoms with Gasteiger partial charge in [-0.15, -0.1) is 11.3 Å². The molecule has 16 heavy (non-hydrogen) atoms. The van der Waals surface area contributed by atoms with Gasteiger partial charge in [0.15, 0.2) is 0 Å². The van der Waals surface area contributed by atoms with E-state index in [1.165, 1.54) is 11.3 Å². The Balaban J connectivity index is 2.32. The lowest BCUT2D eigenvalue weighted by Crippen LogP contribution is -2.21. The van der Waals surface area contributed by atoms with Gasteiger partial charge in [0.2, 0.25) is 5.28 Å². The van der Waals surface area contributed by atoms with Gasteiger partial charge < -0.3 is 5.32 Å². The molecule has 0 fully saturated rings. The zero-order chi connectivity index (χ0) is 11.8. The van der Waals surface area contributed by atoms with Crippen molar-refractivity contribution in [3.63, 3.8) is 0 Å². The van der Waals surface area contributed by atoms with Gasteiger partial charge in [0.1, 0.15) is 17.2 Å². The quantitative estimate of drug-likeness (QED) is 0.848. The molecule has 2 aromatic rings. The van der Waals surface area contributed by atoms with E-state index in [0.717, 1.165) is 0 Å². The van der Waals surface area contributed by atoms with Crippen LogP contribution in [0.15, 0.2) is 11.4 Å². The summed E-state index contributed by atoms with van der Waals surface area (Å²) < 4.78 is 36.1. The zero-order valence-corrected chi connectivity index (χ0v) is 9.25. The minimum atomic E-state index is -4.29. The molecule has 0 aliphatic rings. The minimum absolute atomic E-state index is 0.0698. The third-order valence-corrected chi connectivity index (χ3v) is 2.73. The Bertz CT molecular complexity index is 511. The van der Waals surface area contributed by atoms with Crippen LogP contribution in [0.3, 0.4) is 0 Å². The Labute approximate surface area is 97.3 Å². The highest BCUT2D eigenvalue weighted by atomic mass is 35.5. The van der Waals surface area contributed by atoms with E-state index < -0.39 is 12.7 Å². The highest BCUT2D eigenvalue weighted by molar-refractivity contribution is 7.16. The molecule has 0 atom stereocenters. The molecule has 8 heteroatoms. The van der Waals surface area contributed by atoms with Crippen LogP contribution in [0.25, 0.3) is 10.2 Å². The highest BCUT2D eigenvalue weighted by Gasteiger charge is 2.27. The van der Waals surface area contributed by atoms with Crippen molar-refractivity contribution in [1.82, 2.24) is 9.97 Å². The molecule has 0 bridgehead atoms. The highest BCUT2D eigenvalue weighted by Crippen LogP contribution is 2.27. The normalized spacial score (nSPS) is 12.0. The molecule has 0 aromatic carbocycles. The van der Waals surface area contributed by atoms with Crippen LogP contribution in [0.2, 0.25) is 5.28 Å². The van der Waals surface area contributed by atoms with E-state index >= 15 is 0 Å². The second-order valence-corrected chi connectivity index (χ2v) is 4.18. The van der Waals surface area contributed by atoms with E-state index in [4.69, 9.17) is 11.6 Å². The first-order valence-electron chi connectivity index (χ1n) is 4.17. The Kier molecular flexibility index (Phi) is 2.90. The number of nitrogens with zero attached hydrogens (tertiary/aromatic N) is 2. The minimum Gasteiger partial charge on any atom is -0.360 e. The predicted octanol–water partition coefficient (Wildman–Crippen LogP) is 3.32. The summed E-state index contributed by atoms with van der Waals surface area (Å²) in [7, 11) is 0. The SMILES string of the molecule is FC(F)(F)CNc1nc(Cl)nc2sccc12. The largest absolute Gasteiger partial charge is 0.405 e. The number of aromatic nitrogens is 2. The van der Waals surface area contributed by atoms with Gasteiger partial charge in [-0.05, 0) is 23.0 Å². The van der Waals surface area contributed by atoms with Crippen molar-refractivity contribution in [2.75, 3.05) is 11.9 Å². The summed E-state index contributed by atoms with van der Waals surface area (Å²) >= 11 is 6.89. The predicted molar refractivity (Wildman–Crippen MR) is 57.0 cm³/mol. The lowest BCUT2D eigenvalue weighted by molar-refractivity contribution is -0.115. The van der Waals surface area contributed by atoms with Gasteiger partial charge in [-0.3, -0.25) is 0 Å². The Hall–Kier alpha value is -1.08. The van der Waals surface area contributed by atoms with Crippen molar-refractivity contribution in [3.05, 3.63) is 16.7 Å². The number of fused-ring (bicyclic) bond motifs is 1. The maximum absolute atomic E-state index is 12.0. The fourth-order valence-corrected chi connectivity index (χ4v) is 2.13. The number of halogens is 4. The second kappa shape index (κ2) is 4.06. The van der Waals surface area contributed by atoms with Gasteiger partial charge in [-0.25, -0.2) is 9.97 Å². The van der Waals surface area contributed by atoms with E-state index in [1.807, 2.05) is 0 Å².